The van der Waals surface area contributed by atoms with Gasteiger partial charge in [0, 0.05) is 16.8 Å². The van der Waals surface area contributed by atoms with E-state index in [-0.39, 0.29) is 28.6 Å². The molecule has 1 aliphatic carbocycles. The van der Waals surface area contributed by atoms with Gasteiger partial charge >= 0.3 is 0 Å². The van der Waals surface area contributed by atoms with E-state index in [0.29, 0.717) is 27.1 Å². The highest BCUT2D eigenvalue weighted by molar-refractivity contribution is 9.10. The Kier molecular flexibility index (Phi) is 4.48. The van der Waals surface area contributed by atoms with E-state index in [1.807, 2.05) is 0 Å². The largest absolute Gasteiger partial charge is 0.494 e. The Bertz CT molecular complexity index is 1230. The second kappa shape index (κ2) is 6.84. The normalized spacial score (nSPS) is 13.5. The summed E-state index contributed by atoms with van der Waals surface area (Å²) in [4.78, 5) is 31.9. The van der Waals surface area contributed by atoms with E-state index < -0.39 is 0 Å². The molecule has 0 spiro atoms. The van der Waals surface area contributed by atoms with Crippen molar-refractivity contribution in [2.45, 2.75) is 6.92 Å². The van der Waals surface area contributed by atoms with Crippen molar-refractivity contribution >= 4 is 60.7 Å². The summed E-state index contributed by atoms with van der Waals surface area (Å²) in [7, 11) is 0. The van der Waals surface area contributed by atoms with Crippen molar-refractivity contribution in [2.75, 3.05) is 0 Å². The number of hydrogen-bond donors (Lipinski definition) is 2. The third-order valence-corrected chi connectivity index (χ3v) is 5.55. The Morgan fingerprint density at radius 3 is 2.61 bits per heavy atom. The Morgan fingerprint density at radius 2 is 1.93 bits per heavy atom. The number of benzene rings is 1. The number of halogens is 1. The number of rotatable bonds is 2. The van der Waals surface area contributed by atoms with Gasteiger partial charge in [-0.15, -0.1) is 0 Å². The summed E-state index contributed by atoms with van der Waals surface area (Å²) in [6, 6.07) is 5.22. The average molecular weight is 458 g/mol. The van der Waals surface area contributed by atoms with Crippen LogP contribution in [0.4, 0.5) is 5.13 Å². The Labute approximate surface area is 171 Å². The zero-order chi connectivity index (χ0) is 20.0. The summed E-state index contributed by atoms with van der Waals surface area (Å²) < 4.78 is 1.94. The molecule has 0 fully saturated rings. The molecule has 1 aliphatic rings. The van der Waals surface area contributed by atoms with Gasteiger partial charge in [-0.3, -0.25) is 14.2 Å². The van der Waals surface area contributed by atoms with Gasteiger partial charge < -0.3 is 10.2 Å². The van der Waals surface area contributed by atoms with Crippen LogP contribution < -0.4 is 0 Å². The van der Waals surface area contributed by atoms with Crippen LogP contribution in [0.2, 0.25) is 0 Å². The number of carbonyl (C=O) groups excluding carboxylic acids is 2. The Hall–Kier alpha value is -3.04. The van der Waals surface area contributed by atoms with Gasteiger partial charge in [0.05, 0.1) is 16.8 Å². The van der Waals surface area contributed by atoms with Crippen LogP contribution in [0.1, 0.15) is 11.7 Å². The summed E-state index contributed by atoms with van der Waals surface area (Å²) in [5.41, 5.74) is 1.33. The SMILES string of the molecule is CC(=O)n1c(O)c(-c2sc(N=C3C=CC(=O)C=C3)nc2O)c2cc(Br)ccc21. The molecule has 7 nitrogen and oxygen atoms in total. The first-order chi connectivity index (χ1) is 13.3. The molecular formula is C19H12BrN3O4S. The topological polar surface area (TPSA) is 105 Å². The van der Waals surface area contributed by atoms with E-state index in [4.69, 9.17) is 0 Å². The molecule has 0 radical (unpaired) electrons. The van der Waals surface area contributed by atoms with Crippen molar-refractivity contribution in [1.82, 2.24) is 9.55 Å². The minimum Gasteiger partial charge on any atom is -0.494 e. The second-order valence-corrected chi connectivity index (χ2v) is 7.86. The second-order valence-electron chi connectivity index (χ2n) is 5.97. The van der Waals surface area contributed by atoms with Crippen molar-refractivity contribution in [3.05, 3.63) is 47.0 Å². The molecule has 2 aromatic heterocycles. The molecule has 9 heteroatoms. The van der Waals surface area contributed by atoms with Crippen LogP contribution >= 0.6 is 27.3 Å². The van der Waals surface area contributed by atoms with E-state index in [0.717, 1.165) is 15.8 Å². The van der Waals surface area contributed by atoms with Crippen LogP contribution in [0.15, 0.2) is 52.0 Å². The molecule has 2 N–H and O–H groups in total. The number of allylic oxidation sites excluding steroid dienone is 4. The van der Waals surface area contributed by atoms with Crippen LogP contribution in [0.3, 0.4) is 0 Å². The van der Waals surface area contributed by atoms with Crippen molar-refractivity contribution in [2.24, 2.45) is 4.99 Å². The Balaban J connectivity index is 1.90. The van der Waals surface area contributed by atoms with Crippen LogP contribution in [0.25, 0.3) is 21.3 Å². The molecule has 2 heterocycles. The number of aliphatic imine (C=N–C) groups is 1. The molecule has 1 aromatic carbocycles. The lowest BCUT2D eigenvalue weighted by Gasteiger charge is -2.01. The number of thiazole rings is 1. The van der Waals surface area contributed by atoms with Gasteiger partial charge in [-0.05, 0) is 42.5 Å². The van der Waals surface area contributed by atoms with E-state index in [9.17, 15) is 19.8 Å². The predicted molar refractivity (Wildman–Crippen MR) is 111 cm³/mol. The van der Waals surface area contributed by atoms with Crippen molar-refractivity contribution in [1.29, 1.82) is 0 Å². The summed E-state index contributed by atoms with van der Waals surface area (Å²) in [6.07, 6.45) is 5.88. The molecule has 0 saturated heterocycles. The zero-order valence-corrected chi connectivity index (χ0v) is 16.8. The summed E-state index contributed by atoms with van der Waals surface area (Å²) in [5, 5.41) is 21.9. The first kappa shape index (κ1) is 18.3. The average Bonchev–Trinajstić information content (AvgIpc) is 3.12. The van der Waals surface area contributed by atoms with Crippen LogP contribution in [0, 0.1) is 0 Å². The maximum absolute atomic E-state index is 12.0. The van der Waals surface area contributed by atoms with Crippen LogP contribution in [-0.2, 0) is 4.79 Å². The number of aromatic hydroxyl groups is 2. The Morgan fingerprint density at radius 1 is 1.21 bits per heavy atom. The molecule has 0 unspecified atom stereocenters. The van der Waals surface area contributed by atoms with Crippen LogP contribution in [-0.4, -0.2) is 37.2 Å². The summed E-state index contributed by atoms with van der Waals surface area (Å²) in [5.74, 6) is -1.07. The number of fused-ring (bicyclic) bond motifs is 1. The molecule has 0 bridgehead atoms. The number of hydrogen-bond acceptors (Lipinski definition) is 7. The lowest BCUT2D eigenvalue weighted by Crippen LogP contribution is -2.03. The van der Waals surface area contributed by atoms with Gasteiger partial charge in [-0.2, -0.15) is 4.98 Å². The fourth-order valence-electron chi connectivity index (χ4n) is 2.94. The van der Waals surface area contributed by atoms with E-state index >= 15 is 0 Å². The highest BCUT2D eigenvalue weighted by Crippen LogP contribution is 2.48. The van der Waals surface area contributed by atoms with Gasteiger partial charge in [0.2, 0.25) is 22.8 Å². The first-order valence-corrected chi connectivity index (χ1v) is 9.69. The molecule has 140 valence electrons. The summed E-state index contributed by atoms with van der Waals surface area (Å²) >= 11 is 4.45. The van der Waals surface area contributed by atoms with Crippen molar-refractivity contribution in [3.63, 3.8) is 0 Å². The van der Waals surface area contributed by atoms with E-state index in [2.05, 4.69) is 25.9 Å². The molecular weight excluding hydrogens is 446 g/mol. The fraction of sp³-hybridized carbons (Fsp3) is 0.0526. The third-order valence-electron chi connectivity index (χ3n) is 4.11. The lowest BCUT2D eigenvalue weighted by atomic mass is 10.1. The molecule has 0 amide bonds. The monoisotopic (exact) mass is 457 g/mol. The fourth-order valence-corrected chi connectivity index (χ4v) is 4.20. The number of aromatic nitrogens is 2. The van der Waals surface area contributed by atoms with Gasteiger partial charge in [-0.1, -0.05) is 27.3 Å². The number of nitrogens with zero attached hydrogens (tertiary/aromatic N) is 3. The third kappa shape index (κ3) is 3.08. The van der Waals surface area contributed by atoms with Gasteiger partial charge in [0.25, 0.3) is 0 Å². The first-order valence-electron chi connectivity index (χ1n) is 8.08. The smallest absolute Gasteiger partial charge is 0.232 e. The number of ketones is 1. The molecule has 0 atom stereocenters. The van der Waals surface area contributed by atoms with Crippen molar-refractivity contribution in [3.8, 4) is 22.2 Å². The van der Waals surface area contributed by atoms with E-state index in [1.165, 1.54) is 23.6 Å². The van der Waals surface area contributed by atoms with Gasteiger partial charge in [0.15, 0.2) is 5.78 Å². The summed E-state index contributed by atoms with van der Waals surface area (Å²) in [6.45, 7) is 1.35. The predicted octanol–water partition coefficient (Wildman–Crippen LogP) is 4.37. The molecule has 0 saturated carbocycles. The van der Waals surface area contributed by atoms with Gasteiger partial charge in [-0.25, -0.2) is 4.99 Å². The molecule has 28 heavy (non-hydrogen) atoms. The minimum absolute atomic E-state index is 0.130. The number of carbonyl (C=O) groups is 2. The quantitative estimate of drug-likeness (QED) is 0.555. The minimum atomic E-state index is -0.359. The van der Waals surface area contributed by atoms with Crippen LogP contribution in [0.5, 0.6) is 11.8 Å². The highest BCUT2D eigenvalue weighted by Gasteiger charge is 2.25. The standard InChI is InChI=1S/C19H12BrN3O4S/c1-9(24)23-14-7-2-10(20)8-13(14)15(18(23)27)16-17(26)22-19(28-16)21-11-3-5-12(25)6-4-11/h2-8,26-27H,1H3. The molecule has 3 aromatic rings. The van der Waals surface area contributed by atoms with Gasteiger partial charge in [0.1, 0.15) is 4.88 Å². The molecule has 4 rings (SSSR count). The van der Waals surface area contributed by atoms with E-state index in [1.54, 1.807) is 30.4 Å². The molecule has 0 aliphatic heterocycles. The zero-order valence-electron chi connectivity index (χ0n) is 14.4. The maximum atomic E-state index is 12.0. The lowest BCUT2D eigenvalue weighted by molar-refractivity contribution is -0.110. The van der Waals surface area contributed by atoms with Crippen molar-refractivity contribution < 1.29 is 19.8 Å². The maximum Gasteiger partial charge on any atom is 0.232 e. The highest BCUT2D eigenvalue weighted by atomic mass is 79.9.